The number of aromatic nitrogens is 1. The predicted octanol–water partition coefficient (Wildman–Crippen LogP) is 3.82. The van der Waals surface area contributed by atoms with Crippen molar-refractivity contribution in [3.05, 3.63) is 66.4 Å². The molecule has 0 saturated carbocycles. The Hall–Kier alpha value is -2.46. The van der Waals surface area contributed by atoms with Gasteiger partial charge in [0.15, 0.2) is 0 Å². The van der Waals surface area contributed by atoms with Crippen LogP contribution in [-0.2, 0) is 11.2 Å². The zero-order valence-corrected chi connectivity index (χ0v) is 12.5. The first-order chi connectivity index (χ1) is 10.7. The van der Waals surface area contributed by atoms with Gasteiger partial charge in [0, 0.05) is 35.3 Å². The van der Waals surface area contributed by atoms with Crippen LogP contribution in [0.4, 0.5) is 5.69 Å². The molecule has 22 heavy (non-hydrogen) atoms. The normalized spacial score (nSPS) is 12.2. The van der Waals surface area contributed by atoms with Gasteiger partial charge >= 0.3 is 5.97 Å². The van der Waals surface area contributed by atoms with Crippen molar-refractivity contribution in [2.75, 3.05) is 4.42 Å². The van der Waals surface area contributed by atoms with E-state index in [1.165, 1.54) is 4.42 Å². The van der Waals surface area contributed by atoms with Gasteiger partial charge in [-0.05, 0) is 23.8 Å². The zero-order valence-electron chi connectivity index (χ0n) is 11.7. The van der Waals surface area contributed by atoms with Crippen molar-refractivity contribution in [1.29, 1.82) is 0 Å². The van der Waals surface area contributed by atoms with Crippen molar-refractivity contribution in [2.45, 2.75) is 12.5 Å². The number of halogens is 1. The fraction of sp³-hybridized carbons (Fsp3) is 0.118. The molecule has 0 aliphatic rings. The van der Waals surface area contributed by atoms with E-state index in [9.17, 15) is 9.90 Å². The van der Waals surface area contributed by atoms with Crippen LogP contribution >= 0.6 is 11.8 Å². The Morgan fingerprint density at radius 1 is 1.14 bits per heavy atom. The molecule has 1 heterocycles. The maximum atomic E-state index is 11.6. The second-order valence-corrected chi connectivity index (χ2v) is 5.43. The van der Waals surface area contributed by atoms with Gasteiger partial charge < -0.3 is 10.1 Å². The van der Waals surface area contributed by atoms with Gasteiger partial charge in [-0.25, -0.2) is 4.79 Å². The van der Waals surface area contributed by atoms with Crippen LogP contribution in [0.1, 0.15) is 5.56 Å². The number of fused-ring (bicyclic) bond motifs is 1. The van der Waals surface area contributed by atoms with Crippen molar-refractivity contribution < 1.29 is 9.90 Å². The average molecular weight is 315 g/mol. The third-order valence-electron chi connectivity index (χ3n) is 3.65. The lowest BCUT2D eigenvalue weighted by Crippen LogP contribution is -2.36. The van der Waals surface area contributed by atoms with E-state index in [1.54, 1.807) is 12.1 Å². The van der Waals surface area contributed by atoms with Crippen molar-refractivity contribution in [2.24, 2.45) is 0 Å². The minimum Gasteiger partial charge on any atom is -0.480 e. The van der Waals surface area contributed by atoms with Crippen LogP contribution in [0.15, 0.2) is 60.8 Å². The largest absolute Gasteiger partial charge is 0.480 e. The molecule has 1 unspecified atom stereocenters. The molecule has 0 spiro atoms. The second kappa shape index (κ2) is 6.12. The van der Waals surface area contributed by atoms with Gasteiger partial charge in [-0.2, -0.15) is 0 Å². The number of aliphatic carboxylic acids is 1. The molecular weight excluding hydrogens is 300 g/mol. The van der Waals surface area contributed by atoms with Gasteiger partial charge in [0.2, 0.25) is 0 Å². The van der Waals surface area contributed by atoms with Gasteiger partial charge in [0.1, 0.15) is 6.04 Å². The van der Waals surface area contributed by atoms with Crippen molar-refractivity contribution in [3.8, 4) is 0 Å². The number of nitrogens with zero attached hydrogens (tertiary/aromatic N) is 1. The number of H-pyrrole nitrogens is 1. The number of carboxylic acids is 1. The topological polar surface area (TPSA) is 56.3 Å². The summed E-state index contributed by atoms with van der Waals surface area (Å²) in [5.74, 6) is -0.955. The molecule has 3 rings (SSSR count). The number of carboxylic acid groups (broad SMARTS) is 1. The fourth-order valence-corrected chi connectivity index (χ4v) is 2.79. The quantitative estimate of drug-likeness (QED) is 0.704. The number of para-hydroxylation sites is 2. The van der Waals surface area contributed by atoms with Gasteiger partial charge in [0.25, 0.3) is 0 Å². The summed E-state index contributed by atoms with van der Waals surface area (Å²) in [6.07, 6.45) is 2.16. The summed E-state index contributed by atoms with van der Waals surface area (Å²) in [4.78, 5) is 14.8. The Balaban J connectivity index is 1.91. The Kier molecular flexibility index (Phi) is 4.02. The predicted molar refractivity (Wildman–Crippen MR) is 88.2 cm³/mol. The molecule has 112 valence electrons. The average Bonchev–Trinajstić information content (AvgIpc) is 2.95. The van der Waals surface area contributed by atoms with E-state index in [2.05, 4.69) is 4.98 Å². The summed E-state index contributed by atoms with van der Waals surface area (Å²) in [7, 11) is 0. The van der Waals surface area contributed by atoms with E-state index in [0.29, 0.717) is 12.1 Å². The van der Waals surface area contributed by atoms with Crippen molar-refractivity contribution >= 4 is 34.3 Å². The molecule has 5 heteroatoms. The lowest BCUT2D eigenvalue weighted by Gasteiger charge is -2.23. The van der Waals surface area contributed by atoms with Crippen LogP contribution in [0, 0.1) is 0 Å². The Bertz CT molecular complexity index is 785. The first kappa shape index (κ1) is 14.5. The van der Waals surface area contributed by atoms with Crippen LogP contribution in [0.2, 0.25) is 0 Å². The number of aromatic amines is 1. The number of carbonyl (C=O) groups is 1. The van der Waals surface area contributed by atoms with Gasteiger partial charge in [-0.1, -0.05) is 36.4 Å². The molecule has 0 fully saturated rings. The van der Waals surface area contributed by atoms with Crippen LogP contribution in [-0.4, -0.2) is 22.1 Å². The number of anilines is 1. The number of benzene rings is 2. The minimum atomic E-state index is -0.955. The van der Waals surface area contributed by atoms with Crippen molar-refractivity contribution in [3.63, 3.8) is 0 Å². The smallest absolute Gasteiger partial charge is 0.328 e. The standard InChI is InChI=1S/C17H15ClN2O2/c18-20(13-6-2-1-3-7-13)16(17(21)22)10-12-11-19-15-9-5-4-8-14(12)15/h1-9,11,16,19H,10H2,(H,21,22). The van der Waals surface area contributed by atoms with Gasteiger partial charge in [-0.15, -0.1) is 0 Å². The summed E-state index contributed by atoms with van der Waals surface area (Å²) in [5, 5.41) is 10.6. The highest BCUT2D eigenvalue weighted by Crippen LogP contribution is 2.25. The number of nitrogens with one attached hydrogen (secondary N) is 1. The Morgan fingerprint density at radius 3 is 2.55 bits per heavy atom. The van der Waals surface area contributed by atoms with Crippen LogP contribution < -0.4 is 4.42 Å². The zero-order chi connectivity index (χ0) is 15.5. The molecule has 3 aromatic rings. The molecule has 1 aromatic heterocycles. The summed E-state index contributed by atoms with van der Waals surface area (Å²) in [6.45, 7) is 0. The number of hydrogen-bond donors (Lipinski definition) is 2. The SMILES string of the molecule is O=C(O)C(Cc1c[nH]c2ccccc12)N(Cl)c1ccccc1. The molecule has 1 atom stereocenters. The summed E-state index contributed by atoms with van der Waals surface area (Å²) >= 11 is 6.28. The van der Waals surface area contributed by atoms with E-state index in [1.807, 2.05) is 48.7 Å². The highest BCUT2D eigenvalue weighted by Gasteiger charge is 2.26. The summed E-state index contributed by atoms with van der Waals surface area (Å²) in [5.41, 5.74) is 2.59. The van der Waals surface area contributed by atoms with Crippen molar-refractivity contribution in [1.82, 2.24) is 4.98 Å². The Morgan fingerprint density at radius 2 is 1.82 bits per heavy atom. The molecule has 2 N–H and O–H groups in total. The van der Waals surface area contributed by atoms with E-state index < -0.39 is 12.0 Å². The second-order valence-electron chi connectivity index (χ2n) is 5.06. The molecule has 0 saturated heterocycles. The third-order valence-corrected chi connectivity index (χ3v) is 4.08. The van der Waals surface area contributed by atoms with E-state index in [-0.39, 0.29) is 0 Å². The number of hydrogen-bond acceptors (Lipinski definition) is 2. The fourth-order valence-electron chi connectivity index (χ4n) is 2.52. The van der Waals surface area contributed by atoms with E-state index in [4.69, 9.17) is 11.8 Å². The van der Waals surface area contributed by atoms with Gasteiger partial charge in [-0.3, -0.25) is 4.42 Å². The Labute approximate surface area is 133 Å². The monoisotopic (exact) mass is 314 g/mol. The molecule has 0 radical (unpaired) electrons. The maximum Gasteiger partial charge on any atom is 0.328 e. The molecular formula is C17H15ClN2O2. The third kappa shape index (κ3) is 2.78. The molecule has 2 aromatic carbocycles. The minimum absolute atomic E-state index is 0.317. The first-order valence-corrected chi connectivity index (χ1v) is 7.28. The highest BCUT2D eigenvalue weighted by molar-refractivity contribution is 6.27. The van der Waals surface area contributed by atoms with Crippen LogP contribution in [0.5, 0.6) is 0 Å². The lowest BCUT2D eigenvalue weighted by atomic mass is 10.0. The molecule has 0 aliphatic heterocycles. The maximum absolute atomic E-state index is 11.6. The number of rotatable bonds is 5. The van der Waals surface area contributed by atoms with E-state index in [0.717, 1.165) is 16.5 Å². The van der Waals surface area contributed by atoms with E-state index >= 15 is 0 Å². The van der Waals surface area contributed by atoms with Crippen LogP contribution in [0.25, 0.3) is 10.9 Å². The van der Waals surface area contributed by atoms with Crippen LogP contribution in [0.3, 0.4) is 0 Å². The first-order valence-electron chi connectivity index (χ1n) is 6.94. The molecule has 0 bridgehead atoms. The molecule has 0 aliphatic carbocycles. The molecule has 4 nitrogen and oxygen atoms in total. The lowest BCUT2D eigenvalue weighted by molar-refractivity contribution is -0.138. The van der Waals surface area contributed by atoms with Gasteiger partial charge in [0.05, 0.1) is 5.69 Å². The molecule has 0 amide bonds. The summed E-state index contributed by atoms with van der Waals surface area (Å²) in [6, 6.07) is 16.1. The summed E-state index contributed by atoms with van der Waals surface area (Å²) < 4.78 is 1.28. The highest BCUT2D eigenvalue weighted by atomic mass is 35.5.